The van der Waals surface area contributed by atoms with Crippen molar-refractivity contribution < 1.29 is 47.5 Å². The average molecular weight is 721 g/mol. The molecule has 5 atom stereocenters. The summed E-state index contributed by atoms with van der Waals surface area (Å²) >= 11 is 17.5. The van der Waals surface area contributed by atoms with Crippen molar-refractivity contribution in [2.45, 2.75) is 60.9 Å². The molecule has 1 aliphatic heterocycles. The topological polar surface area (TPSA) is 140 Å². The number of nitrogens with one attached hydrogen (secondary N) is 1. The minimum Gasteiger partial charge on any atom is -0.455 e. The molecule has 1 saturated heterocycles. The number of hydrogen-bond acceptors (Lipinski definition) is 11. The van der Waals surface area contributed by atoms with Gasteiger partial charge in [0.15, 0.2) is 6.10 Å². The highest BCUT2D eigenvalue weighted by molar-refractivity contribution is 6.76. The number of alkyl halides is 3. The van der Waals surface area contributed by atoms with Gasteiger partial charge >= 0.3 is 18.1 Å². The van der Waals surface area contributed by atoms with Gasteiger partial charge in [-0.3, -0.25) is 15.0 Å². The van der Waals surface area contributed by atoms with Crippen LogP contribution in [0.4, 0.5) is 4.79 Å². The number of benzene rings is 3. The Hall–Kier alpha value is -3.87. The summed E-state index contributed by atoms with van der Waals surface area (Å²) in [6, 6.07) is 24.8. The summed E-state index contributed by atoms with van der Waals surface area (Å²) in [6.07, 6.45) is -7.88. The van der Waals surface area contributed by atoms with Crippen molar-refractivity contribution in [3.63, 3.8) is 0 Å². The highest BCUT2D eigenvalue weighted by Crippen LogP contribution is 2.44. The molecule has 1 N–H and O–H groups in total. The molecule has 14 heteroatoms. The maximum atomic E-state index is 13.0. The van der Waals surface area contributed by atoms with Crippen LogP contribution < -0.4 is 0 Å². The predicted octanol–water partition coefficient (Wildman–Crippen LogP) is 6.49. The summed E-state index contributed by atoms with van der Waals surface area (Å²) in [5.41, 5.74) is 4.93. The average Bonchev–Trinajstić information content (AvgIpc) is 3.37. The molecule has 0 bridgehead atoms. The van der Waals surface area contributed by atoms with Gasteiger partial charge in [0.05, 0.1) is 6.61 Å². The van der Waals surface area contributed by atoms with Gasteiger partial charge in [0.25, 0.3) is 3.79 Å². The number of carbonyl (C=O) groups is 3. The number of esters is 2. The Balaban J connectivity index is 1.36. The van der Waals surface area contributed by atoms with Crippen LogP contribution in [0.25, 0.3) is 11.1 Å². The van der Waals surface area contributed by atoms with Crippen LogP contribution in [0, 0.1) is 5.41 Å². The third kappa shape index (κ3) is 8.58. The summed E-state index contributed by atoms with van der Waals surface area (Å²) in [5.74, 6) is -2.61. The zero-order valence-electron chi connectivity index (χ0n) is 25.8. The number of carbonyl (C=O) groups excluding carboxylic acids is 3. The second-order valence-corrected chi connectivity index (χ2v) is 13.3. The van der Waals surface area contributed by atoms with Crippen LogP contribution in [0.2, 0.25) is 0 Å². The summed E-state index contributed by atoms with van der Waals surface area (Å²) in [7, 11) is 0. The van der Waals surface area contributed by atoms with Crippen molar-refractivity contribution in [2.24, 2.45) is 0 Å². The van der Waals surface area contributed by atoms with Crippen LogP contribution in [0.1, 0.15) is 36.5 Å². The van der Waals surface area contributed by atoms with E-state index in [2.05, 4.69) is 0 Å². The highest BCUT2D eigenvalue weighted by atomic mass is 35.6. The van der Waals surface area contributed by atoms with E-state index in [0.29, 0.717) is 0 Å². The van der Waals surface area contributed by atoms with E-state index < -0.39 is 65.1 Å². The molecule has 0 radical (unpaired) electrons. The zero-order valence-corrected chi connectivity index (χ0v) is 28.1. The Kier molecular flexibility index (Phi) is 11.5. The lowest BCUT2D eigenvalue weighted by Crippen LogP contribution is -2.63. The van der Waals surface area contributed by atoms with Crippen molar-refractivity contribution in [1.29, 1.82) is 5.41 Å². The van der Waals surface area contributed by atoms with Crippen LogP contribution in [0.5, 0.6) is 0 Å². The van der Waals surface area contributed by atoms with Crippen LogP contribution in [-0.2, 0) is 49.4 Å². The van der Waals surface area contributed by atoms with Crippen LogP contribution in [-0.4, -0.2) is 71.7 Å². The number of ether oxygens (including phenoxy) is 7. The number of hydrogen-bond donors (Lipinski definition) is 1. The summed E-state index contributed by atoms with van der Waals surface area (Å²) in [5, 5.41) is 8.09. The Morgan fingerprint density at radius 2 is 1.27 bits per heavy atom. The van der Waals surface area contributed by atoms with Gasteiger partial charge in [-0.25, -0.2) is 4.79 Å². The van der Waals surface area contributed by atoms with Gasteiger partial charge in [0.2, 0.25) is 18.3 Å². The fourth-order valence-corrected chi connectivity index (χ4v) is 5.82. The van der Waals surface area contributed by atoms with Crippen molar-refractivity contribution in [3.8, 4) is 11.1 Å². The van der Waals surface area contributed by atoms with Crippen LogP contribution >= 0.6 is 34.8 Å². The summed E-state index contributed by atoms with van der Waals surface area (Å²) in [4.78, 5) is 37.5. The molecule has 11 nitrogen and oxygen atoms in total. The smallest absolute Gasteiger partial charge is 0.455 e. The third-order valence-electron chi connectivity index (χ3n) is 7.67. The Bertz CT molecular complexity index is 1590. The van der Waals surface area contributed by atoms with Crippen LogP contribution in [0.15, 0.2) is 78.9 Å². The maximum absolute atomic E-state index is 13.0. The third-order valence-corrected chi connectivity index (χ3v) is 8.18. The van der Waals surface area contributed by atoms with Gasteiger partial charge in [0, 0.05) is 19.8 Å². The molecule has 1 fully saturated rings. The molecule has 3 aromatic rings. The van der Waals surface area contributed by atoms with Gasteiger partial charge in [0.1, 0.15) is 25.4 Å². The quantitative estimate of drug-likeness (QED) is 0.0813. The molecule has 0 spiro atoms. The summed E-state index contributed by atoms with van der Waals surface area (Å²) in [6.45, 7) is 1.80. The van der Waals surface area contributed by atoms with Gasteiger partial charge in [-0.2, -0.15) is 0 Å². The van der Waals surface area contributed by atoms with E-state index in [9.17, 15) is 14.4 Å². The zero-order chi connectivity index (χ0) is 34.4. The lowest BCUT2D eigenvalue weighted by molar-refractivity contribution is -0.297. The SMILES string of the molecule is CC(=O)O[C@H]1[C@H](OCc2ccccc2)[C@@H](COC(=O)OCC2c3ccccc3-c3ccccc32)OC(OC(=N)C(Cl)(Cl)Cl)[C@@H]1OC(C)=O. The van der Waals surface area contributed by atoms with E-state index >= 15 is 0 Å². The first-order valence-electron chi connectivity index (χ1n) is 14.9. The van der Waals surface area contributed by atoms with Gasteiger partial charge in [-0.15, -0.1) is 0 Å². The van der Waals surface area contributed by atoms with E-state index in [4.69, 9.17) is 73.4 Å². The van der Waals surface area contributed by atoms with E-state index in [1.165, 1.54) is 0 Å². The molecule has 1 heterocycles. The monoisotopic (exact) mass is 719 g/mol. The molecule has 1 aliphatic carbocycles. The fourth-order valence-electron chi connectivity index (χ4n) is 5.68. The second-order valence-electron chi connectivity index (χ2n) is 11.0. The van der Waals surface area contributed by atoms with E-state index in [0.717, 1.165) is 41.7 Å². The molecular weight excluding hydrogens is 689 g/mol. The molecule has 3 aromatic carbocycles. The molecule has 2 aliphatic rings. The van der Waals surface area contributed by atoms with E-state index in [-0.39, 0.29) is 19.1 Å². The molecular formula is C34H32Cl3NO10. The largest absolute Gasteiger partial charge is 0.508 e. The van der Waals surface area contributed by atoms with Gasteiger partial charge in [-0.1, -0.05) is 114 Å². The van der Waals surface area contributed by atoms with E-state index in [1.807, 2.05) is 78.9 Å². The van der Waals surface area contributed by atoms with Crippen molar-refractivity contribution >= 4 is 58.8 Å². The Labute approximate surface area is 291 Å². The molecule has 0 aromatic heterocycles. The number of halogens is 3. The number of rotatable bonds is 10. The van der Waals surface area contributed by atoms with Gasteiger partial charge < -0.3 is 33.2 Å². The Morgan fingerprint density at radius 1 is 0.729 bits per heavy atom. The lowest BCUT2D eigenvalue weighted by atomic mass is 9.98. The van der Waals surface area contributed by atoms with Crippen molar-refractivity contribution in [1.82, 2.24) is 0 Å². The minimum atomic E-state index is -2.31. The lowest BCUT2D eigenvalue weighted by Gasteiger charge is -2.44. The Morgan fingerprint density at radius 3 is 1.85 bits per heavy atom. The summed E-state index contributed by atoms with van der Waals surface area (Å²) < 4.78 is 37.4. The molecule has 254 valence electrons. The van der Waals surface area contributed by atoms with E-state index in [1.54, 1.807) is 0 Å². The molecule has 0 amide bonds. The molecule has 48 heavy (non-hydrogen) atoms. The first kappa shape index (κ1) is 35.4. The predicted molar refractivity (Wildman–Crippen MR) is 175 cm³/mol. The molecule has 1 unspecified atom stereocenters. The van der Waals surface area contributed by atoms with Crippen molar-refractivity contribution in [3.05, 3.63) is 95.6 Å². The molecule has 0 saturated carbocycles. The first-order chi connectivity index (χ1) is 22.9. The standard InChI is InChI=1S/C34H32Cl3NO10/c1-19(39)45-29-28(42-16-21-10-4-3-5-11-21)27(47-31(30(29)46-20(2)40)48-32(38)34(35,36)37)18-44-33(41)43-17-26-24-14-8-6-12-22(24)23-13-7-9-15-25(23)26/h3-15,26-31,38H,16-18H2,1-2H3/t27-,28-,29+,30-,31?/m1/s1. The molecule has 5 rings (SSSR count). The minimum absolute atomic E-state index is 0.00304. The second kappa shape index (κ2) is 15.6. The van der Waals surface area contributed by atoms with Crippen molar-refractivity contribution in [2.75, 3.05) is 13.2 Å². The highest BCUT2D eigenvalue weighted by Gasteiger charge is 2.53. The van der Waals surface area contributed by atoms with Gasteiger partial charge in [-0.05, 0) is 27.8 Å². The first-order valence-corrected chi connectivity index (χ1v) is 16.0. The number of fused-ring (bicyclic) bond motifs is 3. The fraction of sp³-hybridized carbons (Fsp3) is 0.353. The maximum Gasteiger partial charge on any atom is 0.508 e. The normalized spacial score (nSPS) is 21.7. The van der Waals surface area contributed by atoms with Crippen LogP contribution in [0.3, 0.4) is 0 Å².